The van der Waals surface area contributed by atoms with E-state index in [4.69, 9.17) is 14.5 Å². The van der Waals surface area contributed by atoms with Crippen molar-refractivity contribution in [1.82, 2.24) is 4.98 Å². The van der Waals surface area contributed by atoms with Gasteiger partial charge in [-0.2, -0.15) is 0 Å². The van der Waals surface area contributed by atoms with E-state index in [9.17, 15) is 4.79 Å². The summed E-state index contributed by atoms with van der Waals surface area (Å²) in [5.74, 6) is 0.786. The molecule has 6 nitrogen and oxygen atoms in total. The van der Waals surface area contributed by atoms with Gasteiger partial charge in [-0.05, 0) is 43.2 Å². The van der Waals surface area contributed by atoms with E-state index in [1.807, 2.05) is 42.5 Å². The van der Waals surface area contributed by atoms with E-state index in [2.05, 4.69) is 10.2 Å². The van der Waals surface area contributed by atoms with Gasteiger partial charge >= 0.3 is 0 Å². The van der Waals surface area contributed by atoms with Crippen molar-refractivity contribution in [3.63, 3.8) is 0 Å². The molecule has 2 fully saturated rings. The van der Waals surface area contributed by atoms with E-state index in [0.717, 1.165) is 77.4 Å². The molecule has 1 atom stereocenters. The fourth-order valence-corrected chi connectivity index (χ4v) is 5.99. The van der Waals surface area contributed by atoms with Crippen LogP contribution in [0.1, 0.15) is 23.2 Å². The number of thiazole rings is 1. The Bertz CT molecular complexity index is 1060. The Morgan fingerprint density at radius 3 is 2.90 bits per heavy atom. The lowest BCUT2D eigenvalue weighted by Crippen LogP contribution is -2.36. The number of thioether (sulfide) groups is 1. The molecule has 0 radical (unpaired) electrons. The van der Waals surface area contributed by atoms with Crippen LogP contribution < -0.4 is 10.2 Å². The third kappa shape index (κ3) is 4.87. The monoisotopic (exact) mass is 455 g/mol. The summed E-state index contributed by atoms with van der Waals surface area (Å²) in [6.45, 7) is 4.05. The van der Waals surface area contributed by atoms with Crippen LogP contribution in [0.5, 0.6) is 0 Å². The summed E-state index contributed by atoms with van der Waals surface area (Å²) in [5.41, 5.74) is 2.44. The van der Waals surface area contributed by atoms with E-state index in [1.54, 1.807) is 23.1 Å². The number of ether oxygens (including phenoxy) is 2. The first kappa shape index (κ1) is 20.8. The Labute approximate surface area is 189 Å². The van der Waals surface area contributed by atoms with Gasteiger partial charge in [0.15, 0.2) is 5.13 Å². The Morgan fingerprint density at radius 2 is 2.06 bits per heavy atom. The molecule has 1 aromatic heterocycles. The molecule has 3 aromatic rings. The fraction of sp³-hybridized carbons (Fsp3) is 0.391. The standard InChI is InChI=1S/C23H25N3O3S2/c27-22(18-5-1-2-6-20(18)30-15-17-4-3-11-29-17)24-16-7-8-19-21(14-16)31-23(25-19)26-9-12-28-13-10-26/h1-2,5-8,14,17H,3-4,9-13,15H2,(H,24,27). The molecule has 162 valence electrons. The summed E-state index contributed by atoms with van der Waals surface area (Å²) in [5, 5.41) is 4.08. The first-order valence-electron chi connectivity index (χ1n) is 10.6. The van der Waals surface area contributed by atoms with Crippen molar-refractivity contribution in [2.45, 2.75) is 23.8 Å². The lowest BCUT2D eigenvalue weighted by Gasteiger charge is -2.25. The first-order chi connectivity index (χ1) is 15.3. The minimum atomic E-state index is -0.0901. The number of anilines is 2. The smallest absolute Gasteiger partial charge is 0.256 e. The average molecular weight is 456 g/mol. The van der Waals surface area contributed by atoms with Gasteiger partial charge in [-0.1, -0.05) is 23.5 Å². The number of hydrogen-bond acceptors (Lipinski definition) is 7. The molecule has 0 saturated carbocycles. The van der Waals surface area contributed by atoms with Crippen molar-refractivity contribution in [2.75, 3.05) is 48.9 Å². The second-order valence-electron chi connectivity index (χ2n) is 7.67. The highest BCUT2D eigenvalue weighted by molar-refractivity contribution is 7.99. The number of benzene rings is 2. The van der Waals surface area contributed by atoms with Crippen molar-refractivity contribution in [3.8, 4) is 0 Å². The largest absolute Gasteiger partial charge is 0.378 e. The average Bonchev–Trinajstić information content (AvgIpc) is 3.48. The van der Waals surface area contributed by atoms with Gasteiger partial charge in [-0.3, -0.25) is 4.79 Å². The number of fused-ring (bicyclic) bond motifs is 1. The van der Waals surface area contributed by atoms with E-state index < -0.39 is 0 Å². The molecule has 0 spiro atoms. The number of nitrogens with one attached hydrogen (secondary N) is 1. The van der Waals surface area contributed by atoms with Gasteiger partial charge in [0, 0.05) is 36.0 Å². The van der Waals surface area contributed by atoms with Gasteiger partial charge in [0.2, 0.25) is 0 Å². The topological polar surface area (TPSA) is 63.7 Å². The molecular formula is C23H25N3O3S2. The summed E-state index contributed by atoms with van der Waals surface area (Å²) in [6, 6.07) is 13.7. The van der Waals surface area contributed by atoms with E-state index in [-0.39, 0.29) is 12.0 Å². The zero-order valence-corrected chi connectivity index (χ0v) is 18.8. The molecule has 0 aliphatic carbocycles. The van der Waals surface area contributed by atoms with Crippen LogP contribution in [0.4, 0.5) is 10.8 Å². The summed E-state index contributed by atoms with van der Waals surface area (Å²) >= 11 is 3.35. The molecule has 5 rings (SSSR count). The summed E-state index contributed by atoms with van der Waals surface area (Å²) in [7, 11) is 0. The van der Waals surface area contributed by atoms with Crippen LogP contribution in [0.2, 0.25) is 0 Å². The van der Waals surface area contributed by atoms with Crippen molar-refractivity contribution in [1.29, 1.82) is 0 Å². The van der Waals surface area contributed by atoms with Crippen LogP contribution in [-0.2, 0) is 9.47 Å². The molecule has 1 N–H and O–H groups in total. The van der Waals surface area contributed by atoms with Crippen LogP contribution in [-0.4, -0.2) is 55.7 Å². The Kier molecular flexibility index (Phi) is 6.40. The molecule has 8 heteroatoms. The van der Waals surface area contributed by atoms with Crippen LogP contribution in [0.3, 0.4) is 0 Å². The van der Waals surface area contributed by atoms with Crippen molar-refractivity contribution < 1.29 is 14.3 Å². The van der Waals surface area contributed by atoms with Crippen molar-refractivity contribution in [3.05, 3.63) is 48.0 Å². The van der Waals surface area contributed by atoms with Gasteiger partial charge in [0.25, 0.3) is 5.91 Å². The summed E-state index contributed by atoms with van der Waals surface area (Å²) in [6.07, 6.45) is 2.51. The minimum Gasteiger partial charge on any atom is -0.378 e. The van der Waals surface area contributed by atoms with E-state index in [0.29, 0.717) is 5.56 Å². The molecule has 2 saturated heterocycles. The second-order valence-corrected chi connectivity index (χ2v) is 9.75. The predicted octanol–water partition coefficient (Wildman–Crippen LogP) is 4.66. The van der Waals surface area contributed by atoms with Crippen LogP contribution in [0.25, 0.3) is 10.2 Å². The van der Waals surface area contributed by atoms with Gasteiger partial charge in [0.05, 0.1) is 35.1 Å². The molecular weight excluding hydrogens is 430 g/mol. The SMILES string of the molecule is O=C(Nc1ccc2nc(N3CCOCC3)sc2c1)c1ccccc1SCC1CCCO1. The van der Waals surface area contributed by atoms with E-state index in [1.165, 1.54) is 0 Å². The number of amides is 1. The Balaban J connectivity index is 1.29. The highest BCUT2D eigenvalue weighted by Crippen LogP contribution is 2.32. The zero-order chi connectivity index (χ0) is 21.0. The van der Waals surface area contributed by atoms with Gasteiger partial charge in [0.1, 0.15) is 0 Å². The summed E-state index contributed by atoms with van der Waals surface area (Å²) in [4.78, 5) is 21.0. The lowest BCUT2D eigenvalue weighted by atomic mass is 10.2. The zero-order valence-electron chi connectivity index (χ0n) is 17.2. The molecule has 1 unspecified atom stereocenters. The number of nitrogens with zero attached hydrogens (tertiary/aromatic N) is 2. The Hall–Kier alpha value is -2.13. The van der Waals surface area contributed by atoms with Crippen molar-refractivity contribution >= 4 is 50.0 Å². The van der Waals surface area contributed by atoms with E-state index >= 15 is 0 Å². The number of carbonyl (C=O) groups is 1. The normalized spacial score (nSPS) is 19.1. The number of carbonyl (C=O) groups excluding carboxylic acids is 1. The fourth-order valence-electron chi connectivity index (χ4n) is 3.82. The maximum absolute atomic E-state index is 13.0. The second kappa shape index (κ2) is 9.56. The van der Waals surface area contributed by atoms with Crippen LogP contribution in [0, 0.1) is 0 Å². The maximum atomic E-state index is 13.0. The molecule has 1 amide bonds. The highest BCUT2D eigenvalue weighted by Gasteiger charge is 2.19. The number of hydrogen-bond donors (Lipinski definition) is 1. The first-order valence-corrected chi connectivity index (χ1v) is 12.4. The number of aromatic nitrogens is 1. The minimum absolute atomic E-state index is 0.0901. The Morgan fingerprint density at radius 1 is 1.19 bits per heavy atom. The quantitative estimate of drug-likeness (QED) is 0.546. The van der Waals surface area contributed by atoms with Crippen molar-refractivity contribution in [2.24, 2.45) is 0 Å². The number of morpholine rings is 1. The molecule has 0 bridgehead atoms. The molecule has 2 aliphatic heterocycles. The van der Waals surface area contributed by atoms with Gasteiger partial charge in [-0.15, -0.1) is 11.8 Å². The highest BCUT2D eigenvalue weighted by atomic mass is 32.2. The molecule has 3 heterocycles. The predicted molar refractivity (Wildman–Crippen MR) is 127 cm³/mol. The maximum Gasteiger partial charge on any atom is 0.256 e. The lowest BCUT2D eigenvalue weighted by molar-refractivity contribution is 0.102. The molecule has 31 heavy (non-hydrogen) atoms. The van der Waals surface area contributed by atoms with Gasteiger partial charge < -0.3 is 19.7 Å². The van der Waals surface area contributed by atoms with Crippen LogP contribution in [0.15, 0.2) is 47.4 Å². The third-order valence-electron chi connectivity index (χ3n) is 5.50. The number of rotatable bonds is 6. The van der Waals surface area contributed by atoms with Gasteiger partial charge in [-0.25, -0.2) is 4.98 Å². The molecule has 2 aromatic carbocycles. The van der Waals surface area contributed by atoms with Crippen LogP contribution >= 0.6 is 23.1 Å². The summed E-state index contributed by atoms with van der Waals surface area (Å²) < 4.78 is 12.2. The third-order valence-corrected chi connectivity index (χ3v) is 7.78. The molecule has 2 aliphatic rings.